The molecule has 1 aromatic heterocycles. The number of nitrogens with zero attached hydrogens (tertiary/aromatic N) is 3. The highest BCUT2D eigenvalue weighted by atomic mass is 16.3. The fourth-order valence-corrected chi connectivity index (χ4v) is 4.75. The van der Waals surface area contributed by atoms with E-state index in [1.165, 1.54) is 5.56 Å². The van der Waals surface area contributed by atoms with Gasteiger partial charge in [0.15, 0.2) is 0 Å². The summed E-state index contributed by atoms with van der Waals surface area (Å²) in [4.78, 5) is 21.2. The first kappa shape index (κ1) is 18.1. The first-order chi connectivity index (χ1) is 13.2. The van der Waals surface area contributed by atoms with Gasteiger partial charge in [0, 0.05) is 57.6 Å². The van der Waals surface area contributed by atoms with Gasteiger partial charge in [-0.3, -0.25) is 14.7 Å². The Bertz CT molecular complexity index is 758. The number of amides is 1. The van der Waals surface area contributed by atoms with Crippen molar-refractivity contribution in [1.82, 2.24) is 14.8 Å². The highest BCUT2D eigenvalue weighted by molar-refractivity contribution is 5.93. The molecule has 1 amide bonds. The van der Waals surface area contributed by atoms with Gasteiger partial charge in [0.25, 0.3) is 5.91 Å². The first-order valence-electron chi connectivity index (χ1n) is 9.77. The Hall–Kier alpha value is -2.24. The largest absolute Gasteiger partial charge is 0.396 e. The van der Waals surface area contributed by atoms with Crippen LogP contribution in [0.2, 0.25) is 0 Å². The Morgan fingerprint density at radius 3 is 2.59 bits per heavy atom. The van der Waals surface area contributed by atoms with Gasteiger partial charge < -0.3 is 10.0 Å². The molecule has 0 saturated carbocycles. The van der Waals surface area contributed by atoms with Crippen molar-refractivity contribution < 1.29 is 9.90 Å². The Morgan fingerprint density at radius 1 is 1.15 bits per heavy atom. The number of rotatable bonds is 4. The molecule has 0 aliphatic carbocycles. The van der Waals surface area contributed by atoms with Crippen LogP contribution in [0.1, 0.15) is 28.8 Å². The van der Waals surface area contributed by atoms with Crippen LogP contribution in [0.4, 0.5) is 0 Å². The second-order valence-corrected chi connectivity index (χ2v) is 7.93. The molecule has 1 unspecified atom stereocenters. The lowest BCUT2D eigenvalue weighted by atomic mass is 9.71. The summed E-state index contributed by atoms with van der Waals surface area (Å²) in [7, 11) is 0. The molecule has 0 bridgehead atoms. The van der Waals surface area contributed by atoms with Crippen molar-refractivity contribution in [3.8, 4) is 0 Å². The van der Waals surface area contributed by atoms with Crippen LogP contribution < -0.4 is 0 Å². The number of likely N-dealkylation sites (tertiary alicyclic amines) is 2. The summed E-state index contributed by atoms with van der Waals surface area (Å²) in [6, 6.07) is 14.1. The van der Waals surface area contributed by atoms with Crippen LogP contribution in [0.15, 0.2) is 54.9 Å². The fraction of sp³-hybridized carbons (Fsp3) is 0.455. The molecule has 1 N–H and O–H groups in total. The van der Waals surface area contributed by atoms with E-state index in [-0.39, 0.29) is 23.8 Å². The second-order valence-electron chi connectivity index (χ2n) is 7.93. The van der Waals surface area contributed by atoms with E-state index in [1.807, 2.05) is 17.0 Å². The molecule has 2 aliphatic rings. The summed E-state index contributed by atoms with van der Waals surface area (Å²) in [6.45, 7) is 4.59. The Morgan fingerprint density at radius 2 is 1.93 bits per heavy atom. The molecule has 1 aromatic carbocycles. The minimum Gasteiger partial charge on any atom is -0.396 e. The van der Waals surface area contributed by atoms with Gasteiger partial charge in [-0.15, -0.1) is 0 Å². The van der Waals surface area contributed by atoms with Crippen molar-refractivity contribution >= 4 is 5.91 Å². The molecule has 0 radical (unpaired) electrons. The highest BCUT2D eigenvalue weighted by Gasteiger charge is 2.48. The standard InChI is InChI=1S/C22H27N3O2/c26-16-20-15-24(14-18-5-2-1-3-6-18)17-22(20)8-11-25(12-9-22)21(27)19-7-4-10-23-13-19/h1-7,10,13,20,26H,8-9,11-12,14-17H2. The van der Waals surface area contributed by atoms with Crippen molar-refractivity contribution in [2.45, 2.75) is 19.4 Å². The molecule has 1 atom stereocenters. The van der Waals surface area contributed by atoms with Gasteiger partial charge >= 0.3 is 0 Å². The first-order valence-corrected chi connectivity index (χ1v) is 9.77. The summed E-state index contributed by atoms with van der Waals surface area (Å²) in [5, 5.41) is 10.0. The molecule has 5 heteroatoms. The number of pyridine rings is 1. The zero-order valence-corrected chi connectivity index (χ0v) is 15.6. The number of aliphatic hydroxyl groups is 1. The normalized spacial score (nSPS) is 22.3. The van der Waals surface area contributed by atoms with Crippen molar-refractivity contribution in [3.63, 3.8) is 0 Å². The lowest BCUT2D eigenvalue weighted by Gasteiger charge is -2.42. The summed E-state index contributed by atoms with van der Waals surface area (Å²) in [6.07, 6.45) is 5.24. The SMILES string of the molecule is O=C(c1cccnc1)N1CCC2(CC1)CN(Cc1ccccc1)CC2CO. The topological polar surface area (TPSA) is 56.7 Å². The van der Waals surface area contributed by atoms with Crippen LogP contribution in [-0.4, -0.2) is 58.6 Å². The lowest BCUT2D eigenvalue weighted by molar-refractivity contribution is 0.0401. The number of piperidine rings is 1. The molecule has 2 saturated heterocycles. The molecule has 1 spiro atoms. The van der Waals surface area contributed by atoms with Crippen molar-refractivity contribution in [1.29, 1.82) is 0 Å². The van der Waals surface area contributed by atoms with Gasteiger partial charge in [-0.25, -0.2) is 0 Å². The molecule has 27 heavy (non-hydrogen) atoms. The van der Waals surface area contributed by atoms with Crippen LogP contribution in [0.25, 0.3) is 0 Å². The van der Waals surface area contributed by atoms with E-state index >= 15 is 0 Å². The summed E-state index contributed by atoms with van der Waals surface area (Å²) in [5.74, 6) is 0.356. The van der Waals surface area contributed by atoms with Crippen LogP contribution in [0.5, 0.6) is 0 Å². The van der Waals surface area contributed by atoms with E-state index in [9.17, 15) is 9.90 Å². The van der Waals surface area contributed by atoms with Crippen LogP contribution in [0.3, 0.4) is 0 Å². The van der Waals surface area contributed by atoms with Crippen molar-refractivity contribution in [2.24, 2.45) is 11.3 Å². The molecular formula is C22H27N3O2. The van der Waals surface area contributed by atoms with Gasteiger partial charge in [0.1, 0.15) is 0 Å². The number of carbonyl (C=O) groups excluding carboxylic acids is 1. The highest BCUT2D eigenvalue weighted by Crippen LogP contribution is 2.45. The van der Waals surface area contributed by atoms with Crippen molar-refractivity contribution in [2.75, 3.05) is 32.8 Å². The number of hydrogen-bond acceptors (Lipinski definition) is 4. The van der Waals surface area contributed by atoms with E-state index in [4.69, 9.17) is 0 Å². The number of aromatic nitrogens is 1. The van der Waals surface area contributed by atoms with Gasteiger partial charge in [-0.05, 0) is 36.0 Å². The summed E-state index contributed by atoms with van der Waals surface area (Å²) in [5.41, 5.74) is 2.09. The molecule has 2 aliphatic heterocycles. The minimum atomic E-state index is 0.0673. The molecule has 4 rings (SSSR count). The zero-order valence-electron chi connectivity index (χ0n) is 15.6. The van der Waals surface area contributed by atoms with Crippen LogP contribution >= 0.6 is 0 Å². The summed E-state index contributed by atoms with van der Waals surface area (Å²) >= 11 is 0. The molecule has 2 fully saturated rings. The maximum Gasteiger partial charge on any atom is 0.255 e. The number of aliphatic hydroxyl groups excluding tert-OH is 1. The Kier molecular flexibility index (Phi) is 5.23. The maximum atomic E-state index is 12.7. The number of hydrogen-bond donors (Lipinski definition) is 1. The second kappa shape index (κ2) is 7.79. The Balaban J connectivity index is 1.41. The third kappa shape index (κ3) is 3.75. The van der Waals surface area contributed by atoms with Crippen LogP contribution in [-0.2, 0) is 6.54 Å². The van der Waals surface area contributed by atoms with E-state index in [1.54, 1.807) is 18.5 Å². The maximum absolute atomic E-state index is 12.7. The quantitative estimate of drug-likeness (QED) is 0.904. The van der Waals surface area contributed by atoms with E-state index in [0.717, 1.165) is 45.6 Å². The number of benzene rings is 1. The predicted molar refractivity (Wildman–Crippen MR) is 104 cm³/mol. The van der Waals surface area contributed by atoms with Gasteiger partial charge in [0.2, 0.25) is 0 Å². The zero-order chi connectivity index (χ0) is 18.7. The van der Waals surface area contributed by atoms with Gasteiger partial charge in [0.05, 0.1) is 5.56 Å². The lowest BCUT2D eigenvalue weighted by Crippen LogP contribution is -2.47. The van der Waals surface area contributed by atoms with Gasteiger partial charge in [-0.1, -0.05) is 30.3 Å². The smallest absolute Gasteiger partial charge is 0.255 e. The average Bonchev–Trinajstić information content (AvgIpc) is 3.06. The van der Waals surface area contributed by atoms with Gasteiger partial charge in [-0.2, -0.15) is 0 Å². The van der Waals surface area contributed by atoms with E-state index in [2.05, 4.69) is 34.1 Å². The molecule has 3 heterocycles. The molecule has 2 aromatic rings. The third-order valence-electron chi connectivity index (χ3n) is 6.31. The summed E-state index contributed by atoms with van der Waals surface area (Å²) < 4.78 is 0. The Labute approximate surface area is 160 Å². The predicted octanol–water partition coefficient (Wildman–Crippen LogP) is 2.43. The molecular weight excluding hydrogens is 338 g/mol. The van der Waals surface area contributed by atoms with E-state index < -0.39 is 0 Å². The fourth-order valence-electron chi connectivity index (χ4n) is 4.75. The third-order valence-corrected chi connectivity index (χ3v) is 6.31. The van der Waals surface area contributed by atoms with Crippen LogP contribution in [0, 0.1) is 11.3 Å². The average molecular weight is 365 g/mol. The van der Waals surface area contributed by atoms with E-state index in [0.29, 0.717) is 5.56 Å². The van der Waals surface area contributed by atoms with Crippen molar-refractivity contribution in [3.05, 3.63) is 66.0 Å². The number of carbonyl (C=O) groups is 1. The minimum absolute atomic E-state index is 0.0673. The molecule has 5 nitrogen and oxygen atoms in total. The monoisotopic (exact) mass is 365 g/mol. The molecule has 142 valence electrons.